The van der Waals surface area contributed by atoms with E-state index in [1.54, 1.807) is 18.3 Å². The van der Waals surface area contributed by atoms with Gasteiger partial charge in [0.05, 0.1) is 17.4 Å². The summed E-state index contributed by atoms with van der Waals surface area (Å²) in [5.41, 5.74) is 2.10. The fraction of sp³-hybridized carbons (Fsp3) is 0.188. The Morgan fingerprint density at radius 2 is 2.10 bits per heavy atom. The molecule has 0 fully saturated rings. The summed E-state index contributed by atoms with van der Waals surface area (Å²) in [4.78, 5) is 8.63. The van der Waals surface area contributed by atoms with Crippen LogP contribution in [0.5, 0.6) is 0 Å². The molecule has 2 heterocycles. The van der Waals surface area contributed by atoms with Gasteiger partial charge in [0.1, 0.15) is 0 Å². The number of rotatable bonds is 3. The highest BCUT2D eigenvalue weighted by atomic mass is 35.5. The summed E-state index contributed by atoms with van der Waals surface area (Å²) in [7, 11) is 2.03. The molecule has 0 saturated carbocycles. The molecule has 0 N–H and O–H groups in total. The lowest BCUT2D eigenvalue weighted by Gasteiger charge is -2.18. The van der Waals surface area contributed by atoms with Gasteiger partial charge in [-0.2, -0.15) is 0 Å². The van der Waals surface area contributed by atoms with Crippen molar-refractivity contribution < 1.29 is 4.39 Å². The van der Waals surface area contributed by atoms with Gasteiger partial charge in [0.25, 0.3) is 0 Å². The highest BCUT2D eigenvalue weighted by molar-refractivity contribution is 6.31. The summed E-state index contributed by atoms with van der Waals surface area (Å²) in [6, 6.07) is 8.73. The van der Waals surface area contributed by atoms with Gasteiger partial charge in [-0.05, 0) is 23.8 Å². The molecular weight excluding hydrogens is 289 g/mol. The molecule has 3 nitrogen and oxygen atoms in total. The van der Waals surface area contributed by atoms with Gasteiger partial charge in [0.15, 0.2) is 5.82 Å². The Bertz CT molecular complexity index is 670. The summed E-state index contributed by atoms with van der Waals surface area (Å²) in [5, 5.41) is 0.114. The Kier molecular flexibility index (Phi) is 3.80. The second-order valence-corrected chi connectivity index (χ2v) is 5.50. The van der Waals surface area contributed by atoms with Crippen LogP contribution in [0.2, 0.25) is 5.02 Å². The first-order chi connectivity index (χ1) is 10.1. The molecule has 0 amide bonds. The van der Waals surface area contributed by atoms with Crippen LogP contribution in [0, 0.1) is 5.82 Å². The van der Waals surface area contributed by atoms with Gasteiger partial charge in [-0.25, -0.2) is 4.39 Å². The highest BCUT2D eigenvalue weighted by Crippen LogP contribution is 2.26. The van der Waals surface area contributed by atoms with Crippen molar-refractivity contribution in [1.29, 1.82) is 0 Å². The zero-order valence-electron chi connectivity index (χ0n) is 11.6. The second kappa shape index (κ2) is 5.74. The molecule has 0 radical (unpaired) electrons. The molecule has 0 aliphatic carbocycles. The SMILES string of the molecule is CN1C=CN(Cc2ccc(-c3cccc(Cl)c3F)nc2)C1. The molecule has 0 spiro atoms. The van der Waals surface area contributed by atoms with Gasteiger partial charge >= 0.3 is 0 Å². The summed E-state index contributed by atoms with van der Waals surface area (Å²) < 4.78 is 14.0. The van der Waals surface area contributed by atoms with Crippen LogP contribution in [0.4, 0.5) is 4.39 Å². The highest BCUT2D eigenvalue weighted by Gasteiger charge is 2.11. The minimum atomic E-state index is -0.427. The number of hydrogen-bond donors (Lipinski definition) is 0. The molecule has 5 heteroatoms. The number of hydrogen-bond acceptors (Lipinski definition) is 3. The van der Waals surface area contributed by atoms with Gasteiger partial charge in [0, 0.05) is 37.8 Å². The van der Waals surface area contributed by atoms with E-state index in [2.05, 4.69) is 14.8 Å². The van der Waals surface area contributed by atoms with Gasteiger partial charge in [0.2, 0.25) is 0 Å². The monoisotopic (exact) mass is 303 g/mol. The van der Waals surface area contributed by atoms with Crippen molar-refractivity contribution in [1.82, 2.24) is 14.8 Å². The maximum absolute atomic E-state index is 14.0. The van der Waals surface area contributed by atoms with E-state index in [-0.39, 0.29) is 5.02 Å². The lowest BCUT2D eigenvalue weighted by atomic mass is 10.1. The molecule has 108 valence electrons. The first-order valence-electron chi connectivity index (χ1n) is 6.65. The minimum absolute atomic E-state index is 0.114. The average Bonchev–Trinajstić information content (AvgIpc) is 2.88. The number of halogens is 2. The van der Waals surface area contributed by atoms with Crippen LogP contribution in [0.15, 0.2) is 48.9 Å². The molecule has 1 aliphatic heterocycles. The van der Waals surface area contributed by atoms with Crippen LogP contribution < -0.4 is 0 Å². The third-order valence-corrected chi connectivity index (χ3v) is 3.67. The molecule has 1 aromatic heterocycles. The fourth-order valence-corrected chi connectivity index (χ4v) is 2.48. The van der Waals surface area contributed by atoms with Crippen molar-refractivity contribution >= 4 is 11.6 Å². The number of benzene rings is 1. The normalized spacial score (nSPS) is 14.0. The first kappa shape index (κ1) is 13.9. The molecule has 1 aromatic carbocycles. The Balaban J connectivity index is 1.78. The quantitative estimate of drug-likeness (QED) is 0.861. The van der Waals surface area contributed by atoms with E-state index in [9.17, 15) is 4.39 Å². The number of aromatic nitrogens is 1. The summed E-state index contributed by atoms with van der Waals surface area (Å²) in [6.45, 7) is 1.65. The van der Waals surface area contributed by atoms with Gasteiger partial charge in [-0.1, -0.05) is 23.7 Å². The first-order valence-corrected chi connectivity index (χ1v) is 7.03. The molecule has 2 aromatic rings. The van der Waals surface area contributed by atoms with Crippen LogP contribution in [-0.2, 0) is 6.54 Å². The van der Waals surface area contributed by atoms with Gasteiger partial charge in [-0.15, -0.1) is 0 Å². The predicted molar refractivity (Wildman–Crippen MR) is 82.0 cm³/mol. The second-order valence-electron chi connectivity index (χ2n) is 5.10. The van der Waals surface area contributed by atoms with Crippen molar-refractivity contribution in [2.75, 3.05) is 13.7 Å². The van der Waals surface area contributed by atoms with Gasteiger partial charge in [-0.3, -0.25) is 4.98 Å². The summed E-state index contributed by atoms with van der Waals surface area (Å²) >= 11 is 5.80. The van der Waals surface area contributed by atoms with E-state index in [0.717, 1.165) is 18.8 Å². The Morgan fingerprint density at radius 3 is 2.76 bits per heavy atom. The standard InChI is InChI=1S/C16H15ClFN3/c1-20-7-8-21(11-20)10-12-5-6-15(19-9-12)13-3-2-4-14(17)16(13)18/h2-9H,10-11H2,1H3. The molecule has 0 saturated heterocycles. The third-order valence-electron chi connectivity index (χ3n) is 3.37. The van der Waals surface area contributed by atoms with E-state index in [4.69, 9.17) is 11.6 Å². The van der Waals surface area contributed by atoms with Crippen molar-refractivity contribution in [3.8, 4) is 11.3 Å². The maximum Gasteiger partial charge on any atom is 0.151 e. The zero-order valence-corrected chi connectivity index (χ0v) is 12.4. The number of nitrogens with zero attached hydrogens (tertiary/aromatic N) is 3. The van der Waals surface area contributed by atoms with Crippen LogP contribution in [0.1, 0.15) is 5.56 Å². The average molecular weight is 304 g/mol. The predicted octanol–water partition coefficient (Wildman–Crippen LogP) is 3.72. The fourth-order valence-electron chi connectivity index (χ4n) is 2.31. The maximum atomic E-state index is 14.0. The zero-order chi connectivity index (χ0) is 14.8. The third kappa shape index (κ3) is 3.00. The Labute approximate surface area is 128 Å². The van der Waals surface area contributed by atoms with E-state index in [1.807, 2.05) is 31.6 Å². The van der Waals surface area contributed by atoms with Crippen LogP contribution in [0.3, 0.4) is 0 Å². The molecular formula is C16H15ClFN3. The minimum Gasteiger partial charge on any atom is -0.362 e. The molecule has 3 rings (SSSR count). The molecule has 0 bridgehead atoms. The van der Waals surface area contributed by atoms with Crippen molar-refractivity contribution in [3.05, 3.63) is 65.3 Å². The van der Waals surface area contributed by atoms with E-state index < -0.39 is 5.82 Å². The lowest BCUT2D eigenvalue weighted by molar-refractivity contribution is 0.290. The largest absolute Gasteiger partial charge is 0.362 e. The Morgan fingerprint density at radius 1 is 1.24 bits per heavy atom. The van der Waals surface area contributed by atoms with Crippen molar-refractivity contribution in [3.63, 3.8) is 0 Å². The molecule has 21 heavy (non-hydrogen) atoms. The van der Waals surface area contributed by atoms with Crippen molar-refractivity contribution in [2.24, 2.45) is 0 Å². The number of pyridine rings is 1. The molecule has 0 unspecified atom stereocenters. The van der Waals surface area contributed by atoms with E-state index in [0.29, 0.717) is 11.3 Å². The molecule has 0 atom stereocenters. The van der Waals surface area contributed by atoms with Crippen molar-refractivity contribution in [2.45, 2.75) is 6.54 Å². The molecule has 1 aliphatic rings. The summed E-state index contributed by atoms with van der Waals surface area (Å²) in [6.07, 6.45) is 5.86. The van der Waals surface area contributed by atoms with Crippen LogP contribution in [0.25, 0.3) is 11.3 Å². The van der Waals surface area contributed by atoms with E-state index >= 15 is 0 Å². The summed E-state index contributed by atoms with van der Waals surface area (Å²) in [5.74, 6) is -0.427. The van der Waals surface area contributed by atoms with Gasteiger partial charge < -0.3 is 9.80 Å². The van der Waals surface area contributed by atoms with E-state index in [1.165, 1.54) is 6.07 Å². The van der Waals surface area contributed by atoms with Crippen LogP contribution in [-0.4, -0.2) is 28.5 Å². The topological polar surface area (TPSA) is 19.4 Å². The smallest absolute Gasteiger partial charge is 0.151 e. The van der Waals surface area contributed by atoms with Crippen LogP contribution >= 0.6 is 11.6 Å². The lowest BCUT2D eigenvalue weighted by Crippen LogP contribution is -2.21. The Hall–Kier alpha value is -2.07.